The van der Waals surface area contributed by atoms with Gasteiger partial charge in [-0.25, -0.2) is 0 Å². The largest absolute Gasteiger partial charge is 0.337 e. The molecular formula is C11H21N5. The monoisotopic (exact) mass is 223 g/mol. The lowest BCUT2D eigenvalue weighted by Crippen LogP contribution is -2.49. The summed E-state index contributed by atoms with van der Waals surface area (Å²) in [6.45, 7) is 11.5. The van der Waals surface area contributed by atoms with Crippen LogP contribution in [0.1, 0.15) is 33.5 Å². The van der Waals surface area contributed by atoms with Crippen LogP contribution in [0.25, 0.3) is 0 Å². The van der Waals surface area contributed by atoms with Crippen LogP contribution in [0.2, 0.25) is 0 Å². The highest BCUT2D eigenvalue weighted by Gasteiger charge is 2.23. The molecule has 2 N–H and O–H groups in total. The molecule has 1 saturated heterocycles. The van der Waals surface area contributed by atoms with E-state index in [0.717, 1.165) is 31.4 Å². The van der Waals surface area contributed by atoms with Crippen LogP contribution in [0.3, 0.4) is 0 Å². The number of hydrogen-bond acceptors (Lipinski definition) is 4. The Morgan fingerprint density at radius 1 is 1.38 bits per heavy atom. The van der Waals surface area contributed by atoms with Crippen LogP contribution in [-0.2, 0) is 5.41 Å². The average molecular weight is 223 g/mol. The van der Waals surface area contributed by atoms with Crippen molar-refractivity contribution < 1.29 is 0 Å². The predicted octanol–water partition coefficient (Wildman–Crippen LogP) is 0.900. The maximum Gasteiger partial charge on any atom is 0.244 e. The molecule has 1 aromatic heterocycles. The van der Waals surface area contributed by atoms with Crippen molar-refractivity contribution in [2.24, 2.45) is 0 Å². The van der Waals surface area contributed by atoms with E-state index in [1.54, 1.807) is 0 Å². The Balaban J connectivity index is 2.12. The van der Waals surface area contributed by atoms with Gasteiger partial charge in [-0.15, -0.1) is 5.10 Å². The minimum atomic E-state index is 0.0326. The molecule has 0 amide bonds. The van der Waals surface area contributed by atoms with Crippen molar-refractivity contribution >= 4 is 5.95 Å². The Kier molecular flexibility index (Phi) is 2.88. The molecule has 1 unspecified atom stereocenters. The van der Waals surface area contributed by atoms with Crippen molar-refractivity contribution in [3.63, 3.8) is 0 Å². The highest BCUT2D eigenvalue weighted by molar-refractivity contribution is 5.31. The van der Waals surface area contributed by atoms with E-state index in [2.05, 4.69) is 53.1 Å². The molecular weight excluding hydrogens is 202 g/mol. The maximum atomic E-state index is 4.57. The van der Waals surface area contributed by atoms with Gasteiger partial charge in [-0.05, 0) is 6.92 Å². The van der Waals surface area contributed by atoms with Crippen LogP contribution in [0.4, 0.5) is 5.95 Å². The SMILES string of the molecule is CC1CN(c2n[nH]c(C(C)(C)C)n2)CCN1. The Morgan fingerprint density at radius 2 is 2.12 bits per heavy atom. The molecule has 2 rings (SSSR count). The number of hydrogen-bond donors (Lipinski definition) is 2. The van der Waals surface area contributed by atoms with Crippen molar-refractivity contribution in [2.75, 3.05) is 24.5 Å². The molecule has 1 aromatic rings. The molecule has 0 saturated carbocycles. The normalized spacial score (nSPS) is 22.5. The number of nitrogens with one attached hydrogen (secondary N) is 2. The third-order valence-electron chi connectivity index (χ3n) is 2.84. The van der Waals surface area contributed by atoms with Crippen LogP contribution >= 0.6 is 0 Å². The van der Waals surface area contributed by atoms with Crippen molar-refractivity contribution in [3.05, 3.63) is 5.82 Å². The van der Waals surface area contributed by atoms with E-state index >= 15 is 0 Å². The number of anilines is 1. The standard InChI is InChI=1S/C11H21N5/c1-8-7-16(6-5-12-8)10-13-9(14-15-10)11(2,3)4/h8,12H,5-7H2,1-4H3,(H,13,14,15). The van der Waals surface area contributed by atoms with Crippen molar-refractivity contribution in [2.45, 2.75) is 39.2 Å². The van der Waals surface area contributed by atoms with Gasteiger partial charge >= 0.3 is 0 Å². The summed E-state index contributed by atoms with van der Waals surface area (Å²) < 4.78 is 0. The second kappa shape index (κ2) is 4.05. The lowest BCUT2D eigenvalue weighted by Gasteiger charge is -2.30. The average Bonchev–Trinajstić information content (AvgIpc) is 2.65. The van der Waals surface area contributed by atoms with Gasteiger partial charge in [0.15, 0.2) is 0 Å². The first kappa shape index (κ1) is 11.4. The first-order valence-electron chi connectivity index (χ1n) is 5.88. The Bertz CT molecular complexity index is 352. The lowest BCUT2D eigenvalue weighted by atomic mass is 9.96. The van der Waals surface area contributed by atoms with Gasteiger partial charge in [-0.1, -0.05) is 20.8 Å². The zero-order valence-electron chi connectivity index (χ0n) is 10.5. The summed E-state index contributed by atoms with van der Waals surface area (Å²) in [5, 5.41) is 10.7. The third-order valence-corrected chi connectivity index (χ3v) is 2.84. The van der Waals surface area contributed by atoms with E-state index in [9.17, 15) is 0 Å². The molecule has 1 atom stereocenters. The summed E-state index contributed by atoms with van der Waals surface area (Å²) in [7, 11) is 0. The van der Waals surface area contributed by atoms with Gasteiger partial charge < -0.3 is 10.2 Å². The molecule has 2 heterocycles. The summed E-state index contributed by atoms with van der Waals surface area (Å²) >= 11 is 0. The number of aromatic nitrogens is 3. The fourth-order valence-electron chi connectivity index (χ4n) is 1.84. The van der Waals surface area contributed by atoms with Crippen molar-refractivity contribution in [1.29, 1.82) is 0 Å². The molecule has 0 aliphatic carbocycles. The summed E-state index contributed by atoms with van der Waals surface area (Å²) in [6.07, 6.45) is 0. The van der Waals surface area contributed by atoms with Gasteiger partial charge in [0, 0.05) is 31.1 Å². The second-order valence-corrected chi connectivity index (χ2v) is 5.54. The third kappa shape index (κ3) is 2.35. The summed E-state index contributed by atoms with van der Waals surface area (Å²) in [4.78, 5) is 6.80. The van der Waals surface area contributed by atoms with Crippen molar-refractivity contribution in [3.8, 4) is 0 Å². The number of H-pyrrole nitrogens is 1. The van der Waals surface area contributed by atoms with E-state index in [0.29, 0.717) is 6.04 Å². The van der Waals surface area contributed by atoms with Crippen molar-refractivity contribution in [1.82, 2.24) is 20.5 Å². The fraction of sp³-hybridized carbons (Fsp3) is 0.818. The number of nitrogens with zero attached hydrogens (tertiary/aromatic N) is 3. The minimum Gasteiger partial charge on any atom is -0.337 e. The van der Waals surface area contributed by atoms with Gasteiger partial charge in [0.05, 0.1) is 0 Å². The van der Waals surface area contributed by atoms with Gasteiger partial charge in [-0.3, -0.25) is 5.10 Å². The van der Waals surface area contributed by atoms with E-state index < -0.39 is 0 Å². The molecule has 90 valence electrons. The van der Waals surface area contributed by atoms with Crippen LogP contribution in [0, 0.1) is 0 Å². The quantitative estimate of drug-likeness (QED) is 0.742. The zero-order valence-corrected chi connectivity index (χ0v) is 10.5. The molecule has 5 nitrogen and oxygen atoms in total. The van der Waals surface area contributed by atoms with Gasteiger partial charge in [-0.2, -0.15) is 4.98 Å². The van der Waals surface area contributed by atoms with E-state index in [4.69, 9.17) is 0 Å². The molecule has 1 aliphatic heterocycles. The molecule has 5 heteroatoms. The van der Waals surface area contributed by atoms with Gasteiger partial charge in [0.1, 0.15) is 5.82 Å². The number of rotatable bonds is 1. The highest BCUT2D eigenvalue weighted by atomic mass is 15.4. The Hall–Kier alpha value is -1.10. The number of piperazine rings is 1. The van der Waals surface area contributed by atoms with E-state index in [1.165, 1.54) is 0 Å². The summed E-state index contributed by atoms with van der Waals surface area (Å²) in [5.74, 6) is 1.78. The molecule has 0 radical (unpaired) electrons. The highest BCUT2D eigenvalue weighted by Crippen LogP contribution is 2.20. The zero-order chi connectivity index (χ0) is 11.8. The second-order valence-electron chi connectivity index (χ2n) is 5.54. The molecule has 0 spiro atoms. The van der Waals surface area contributed by atoms with E-state index in [-0.39, 0.29) is 5.41 Å². The summed E-state index contributed by atoms with van der Waals surface area (Å²) in [6, 6.07) is 0.505. The van der Waals surface area contributed by atoms with E-state index in [1.807, 2.05) is 0 Å². The molecule has 0 bridgehead atoms. The molecule has 1 aliphatic rings. The molecule has 0 aromatic carbocycles. The molecule has 1 fully saturated rings. The van der Waals surface area contributed by atoms with Gasteiger partial charge in [0.2, 0.25) is 5.95 Å². The minimum absolute atomic E-state index is 0.0326. The lowest BCUT2D eigenvalue weighted by molar-refractivity contribution is 0.479. The topological polar surface area (TPSA) is 56.8 Å². The van der Waals surface area contributed by atoms with Crippen LogP contribution in [-0.4, -0.2) is 40.9 Å². The van der Waals surface area contributed by atoms with Crippen LogP contribution < -0.4 is 10.2 Å². The van der Waals surface area contributed by atoms with Crippen LogP contribution in [0.5, 0.6) is 0 Å². The first-order valence-corrected chi connectivity index (χ1v) is 5.88. The molecule has 16 heavy (non-hydrogen) atoms. The predicted molar refractivity (Wildman–Crippen MR) is 64.8 cm³/mol. The van der Waals surface area contributed by atoms with Crippen LogP contribution in [0.15, 0.2) is 0 Å². The summed E-state index contributed by atoms with van der Waals surface area (Å²) in [5.41, 5.74) is 0.0326. The first-order chi connectivity index (χ1) is 7.47. The Morgan fingerprint density at radius 3 is 2.69 bits per heavy atom. The smallest absolute Gasteiger partial charge is 0.244 e. The fourth-order valence-corrected chi connectivity index (χ4v) is 1.84. The number of aromatic amines is 1. The van der Waals surface area contributed by atoms with Gasteiger partial charge in [0.25, 0.3) is 0 Å². The maximum absolute atomic E-state index is 4.57. The Labute approximate surface area is 96.6 Å².